The molecule has 0 saturated carbocycles. The van der Waals surface area contributed by atoms with E-state index in [0.29, 0.717) is 0 Å². The van der Waals surface area contributed by atoms with E-state index in [1.54, 1.807) is 0 Å². The zero-order chi connectivity index (χ0) is 14.2. The SMILES string of the molecule is CC1(C)CN(C(=O)C2CNCc3ccccc32)CCS1. The molecule has 0 bridgehead atoms. The van der Waals surface area contributed by atoms with Gasteiger partial charge in [0.2, 0.25) is 5.91 Å². The van der Waals surface area contributed by atoms with Crippen molar-refractivity contribution in [2.45, 2.75) is 31.1 Å². The first-order valence-electron chi connectivity index (χ1n) is 7.28. The highest BCUT2D eigenvalue weighted by Gasteiger charge is 2.35. The number of thioether (sulfide) groups is 1. The van der Waals surface area contributed by atoms with Crippen LogP contribution in [-0.4, -0.2) is 40.9 Å². The largest absolute Gasteiger partial charge is 0.340 e. The minimum absolute atomic E-state index is 0.0150. The number of nitrogens with one attached hydrogen (secondary N) is 1. The molecule has 0 aromatic heterocycles. The van der Waals surface area contributed by atoms with E-state index < -0.39 is 0 Å². The predicted molar refractivity (Wildman–Crippen MR) is 84.0 cm³/mol. The molecule has 20 heavy (non-hydrogen) atoms. The van der Waals surface area contributed by atoms with Crippen molar-refractivity contribution in [1.29, 1.82) is 0 Å². The zero-order valence-electron chi connectivity index (χ0n) is 12.2. The minimum atomic E-state index is -0.0150. The summed E-state index contributed by atoms with van der Waals surface area (Å²) in [5.74, 6) is 1.32. The summed E-state index contributed by atoms with van der Waals surface area (Å²) in [5.41, 5.74) is 2.48. The molecule has 1 N–H and O–H groups in total. The number of hydrogen-bond donors (Lipinski definition) is 1. The lowest BCUT2D eigenvalue weighted by Crippen LogP contribution is -2.49. The van der Waals surface area contributed by atoms with Gasteiger partial charge in [0, 0.05) is 36.7 Å². The molecule has 1 aromatic carbocycles. The van der Waals surface area contributed by atoms with Crippen molar-refractivity contribution in [1.82, 2.24) is 10.2 Å². The van der Waals surface area contributed by atoms with E-state index in [4.69, 9.17) is 0 Å². The lowest BCUT2D eigenvalue weighted by Gasteiger charge is -2.40. The lowest BCUT2D eigenvalue weighted by atomic mass is 9.89. The number of carbonyl (C=O) groups excluding carboxylic acids is 1. The van der Waals surface area contributed by atoms with Crippen LogP contribution in [0.2, 0.25) is 0 Å². The fourth-order valence-electron chi connectivity index (χ4n) is 3.14. The van der Waals surface area contributed by atoms with Crippen LogP contribution in [0.5, 0.6) is 0 Å². The van der Waals surface area contributed by atoms with Crippen LogP contribution in [-0.2, 0) is 11.3 Å². The molecule has 4 heteroatoms. The van der Waals surface area contributed by atoms with E-state index >= 15 is 0 Å². The number of amides is 1. The molecular weight excluding hydrogens is 268 g/mol. The van der Waals surface area contributed by atoms with Crippen LogP contribution >= 0.6 is 11.8 Å². The maximum absolute atomic E-state index is 12.9. The Labute approximate surface area is 125 Å². The Morgan fingerprint density at radius 3 is 3.00 bits per heavy atom. The van der Waals surface area contributed by atoms with Gasteiger partial charge in [-0.05, 0) is 25.0 Å². The van der Waals surface area contributed by atoms with Crippen LogP contribution in [0.25, 0.3) is 0 Å². The van der Waals surface area contributed by atoms with Crippen LogP contribution in [0.3, 0.4) is 0 Å². The third kappa shape index (κ3) is 2.72. The minimum Gasteiger partial charge on any atom is -0.340 e. The van der Waals surface area contributed by atoms with Crippen molar-refractivity contribution in [3.05, 3.63) is 35.4 Å². The van der Waals surface area contributed by atoms with Crippen molar-refractivity contribution in [3.63, 3.8) is 0 Å². The molecule has 0 aliphatic carbocycles. The van der Waals surface area contributed by atoms with Gasteiger partial charge in [0.15, 0.2) is 0 Å². The molecule has 3 rings (SSSR count). The molecule has 1 saturated heterocycles. The standard InChI is InChI=1S/C16H22N2OS/c1-16(2)11-18(7-8-20-16)15(19)14-10-17-9-12-5-3-4-6-13(12)14/h3-6,14,17H,7-11H2,1-2H3. The molecule has 1 atom stereocenters. The first-order chi connectivity index (χ1) is 9.57. The summed E-state index contributed by atoms with van der Waals surface area (Å²) < 4.78 is 0.176. The quantitative estimate of drug-likeness (QED) is 0.861. The van der Waals surface area contributed by atoms with E-state index in [1.165, 1.54) is 11.1 Å². The molecule has 1 amide bonds. The average Bonchev–Trinajstić information content (AvgIpc) is 2.45. The molecule has 108 valence electrons. The summed E-state index contributed by atoms with van der Waals surface area (Å²) in [4.78, 5) is 14.9. The van der Waals surface area contributed by atoms with Gasteiger partial charge in [-0.25, -0.2) is 0 Å². The summed E-state index contributed by atoms with van der Waals surface area (Å²) in [5, 5.41) is 3.38. The van der Waals surface area contributed by atoms with Crippen molar-refractivity contribution >= 4 is 17.7 Å². The maximum atomic E-state index is 12.9. The van der Waals surface area contributed by atoms with Crippen molar-refractivity contribution < 1.29 is 4.79 Å². The molecule has 2 aliphatic heterocycles. The Morgan fingerprint density at radius 1 is 1.40 bits per heavy atom. The highest BCUT2D eigenvalue weighted by molar-refractivity contribution is 8.00. The topological polar surface area (TPSA) is 32.3 Å². The van der Waals surface area contributed by atoms with Gasteiger partial charge < -0.3 is 10.2 Å². The maximum Gasteiger partial charge on any atom is 0.231 e. The first-order valence-corrected chi connectivity index (χ1v) is 8.27. The van der Waals surface area contributed by atoms with Gasteiger partial charge in [-0.1, -0.05) is 24.3 Å². The first kappa shape index (κ1) is 14.0. The lowest BCUT2D eigenvalue weighted by molar-refractivity contribution is -0.133. The Morgan fingerprint density at radius 2 is 2.20 bits per heavy atom. The fourth-order valence-corrected chi connectivity index (χ4v) is 4.25. The second-order valence-electron chi connectivity index (χ2n) is 6.25. The third-order valence-corrected chi connectivity index (χ3v) is 5.43. The molecule has 3 nitrogen and oxygen atoms in total. The molecule has 0 spiro atoms. The average molecular weight is 290 g/mol. The summed E-state index contributed by atoms with van der Waals surface area (Å²) in [7, 11) is 0. The number of hydrogen-bond acceptors (Lipinski definition) is 3. The second kappa shape index (κ2) is 5.41. The number of fused-ring (bicyclic) bond motifs is 1. The Balaban J connectivity index is 1.81. The number of carbonyl (C=O) groups is 1. The summed E-state index contributed by atoms with van der Waals surface area (Å²) in [6.45, 7) is 7.83. The summed E-state index contributed by atoms with van der Waals surface area (Å²) in [6.07, 6.45) is 0. The van der Waals surface area contributed by atoms with Gasteiger partial charge in [0.25, 0.3) is 0 Å². The fraction of sp³-hybridized carbons (Fsp3) is 0.562. The Bertz CT molecular complexity index is 515. The van der Waals surface area contributed by atoms with E-state index in [-0.39, 0.29) is 16.6 Å². The molecular formula is C16H22N2OS. The highest BCUT2D eigenvalue weighted by atomic mass is 32.2. The molecule has 1 unspecified atom stereocenters. The van der Waals surface area contributed by atoms with Gasteiger partial charge in [-0.3, -0.25) is 4.79 Å². The van der Waals surface area contributed by atoms with E-state index in [1.807, 2.05) is 23.9 Å². The van der Waals surface area contributed by atoms with Crippen LogP contribution in [0.1, 0.15) is 30.9 Å². The molecule has 1 fully saturated rings. The Kier molecular flexibility index (Phi) is 3.78. The highest BCUT2D eigenvalue weighted by Crippen LogP contribution is 2.32. The number of rotatable bonds is 1. The molecule has 2 heterocycles. The number of benzene rings is 1. The van der Waals surface area contributed by atoms with E-state index in [2.05, 4.69) is 36.2 Å². The van der Waals surface area contributed by atoms with Crippen molar-refractivity contribution in [3.8, 4) is 0 Å². The molecule has 2 aliphatic rings. The van der Waals surface area contributed by atoms with Gasteiger partial charge in [-0.15, -0.1) is 0 Å². The molecule has 0 radical (unpaired) electrons. The second-order valence-corrected chi connectivity index (χ2v) is 8.05. The van der Waals surface area contributed by atoms with Gasteiger partial charge >= 0.3 is 0 Å². The van der Waals surface area contributed by atoms with Crippen molar-refractivity contribution in [2.75, 3.05) is 25.4 Å². The van der Waals surface area contributed by atoms with Crippen LogP contribution in [0, 0.1) is 0 Å². The van der Waals surface area contributed by atoms with Gasteiger partial charge in [0.1, 0.15) is 0 Å². The smallest absolute Gasteiger partial charge is 0.231 e. The zero-order valence-corrected chi connectivity index (χ0v) is 13.0. The third-order valence-electron chi connectivity index (χ3n) is 4.13. The monoisotopic (exact) mass is 290 g/mol. The summed E-state index contributed by atoms with van der Waals surface area (Å²) in [6, 6.07) is 8.33. The number of nitrogens with zero attached hydrogens (tertiary/aromatic N) is 1. The molecule has 1 aromatic rings. The van der Waals surface area contributed by atoms with Crippen LogP contribution < -0.4 is 5.32 Å². The van der Waals surface area contributed by atoms with E-state index in [9.17, 15) is 4.79 Å². The Hall–Kier alpha value is -1.00. The van der Waals surface area contributed by atoms with Gasteiger partial charge in [0.05, 0.1) is 5.92 Å². The normalized spacial score (nSPS) is 25.1. The van der Waals surface area contributed by atoms with Crippen LogP contribution in [0.4, 0.5) is 0 Å². The van der Waals surface area contributed by atoms with Crippen LogP contribution in [0.15, 0.2) is 24.3 Å². The predicted octanol–water partition coefficient (Wildman–Crippen LogP) is 2.23. The summed E-state index contributed by atoms with van der Waals surface area (Å²) >= 11 is 1.96. The van der Waals surface area contributed by atoms with E-state index in [0.717, 1.165) is 31.9 Å². The van der Waals surface area contributed by atoms with Crippen molar-refractivity contribution in [2.24, 2.45) is 0 Å². The van der Waals surface area contributed by atoms with Gasteiger partial charge in [-0.2, -0.15) is 11.8 Å².